The van der Waals surface area contributed by atoms with E-state index in [-0.39, 0.29) is 11.5 Å². The van der Waals surface area contributed by atoms with Gasteiger partial charge in [-0.25, -0.2) is 0 Å². The number of Topliss-reactive ketones (excluding diaryl/α,β-unsaturated/α-hetero) is 1. The Hall–Kier alpha value is -3.39. The maximum atomic E-state index is 13.2. The van der Waals surface area contributed by atoms with Gasteiger partial charge in [-0.1, -0.05) is 23.9 Å². The summed E-state index contributed by atoms with van der Waals surface area (Å²) in [5, 5.41) is 12.6. The Morgan fingerprint density at radius 3 is 2.52 bits per heavy atom. The fraction of sp³-hybridized carbons (Fsp3) is 0.280. The van der Waals surface area contributed by atoms with Gasteiger partial charge in [-0.15, -0.1) is 5.10 Å². The highest BCUT2D eigenvalue weighted by atomic mass is 32.2. The first-order valence-electron chi connectivity index (χ1n) is 10.7. The largest absolute Gasteiger partial charge is 0.494 e. The third kappa shape index (κ3) is 4.43. The molecule has 4 aromatic rings. The van der Waals surface area contributed by atoms with Gasteiger partial charge in [-0.05, 0) is 92.1 Å². The Morgan fingerprint density at radius 1 is 1.00 bits per heavy atom. The smallest absolute Gasteiger partial charge is 0.214 e. The number of hydrogen-bond donors (Lipinski definition) is 0. The molecule has 0 atom stereocenters. The zero-order chi connectivity index (χ0) is 23.7. The van der Waals surface area contributed by atoms with Crippen LogP contribution in [0.4, 0.5) is 0 Å². The molecule has 0 aliphatic heterocycles. The first kappa shape index (κ1) is 22.8. The van der Waals surface area contributed by atoms with E-state index < -0.39 is 0 Å². The lowest BCUT2D eigenvalue weighted by Crippen LogP contribution is -2.07. The number of aryl methyl sites for hydroxylation is 4. The van der Waals surface area contributed by atoms with Crippen LogP contribution < -0.4 is 4.74 Å². The van der Waals surface area contributed by atoms with Gasteiger partial charge in [0.15, 0.2) is 5.78 Å². The summed E-state index contributed by atoms with van der Waals surface area (Å²) in [6, 6.07) is 14.1. The van der Waals surface area contributed by atoms with Gasteiger partial charge in [0, 0.05) is 22.6 Å². The second-order valence-electron chi connectivity index (χ2n) is 8.15. The van der Waals surface area contributed by atoms with E-state index in [2.05, 4.69) is 52.1 Å². The number of rotatable bonds is 7. The predicted molar refractivity (Wildman–Crippen MR) is 130 cm³/mol. The average Bonchev–Trinajstić information content (AvgIpc) is 3.38. The van der Waals surface area contributed by atoms with E-state index in [4.69, 9.17) is 4.74 Å². The molecule has 170 valence electrons. The molecule has 0 bridgehead atoms. The van der Waals surface area contributed by atoms with Crippen molar-refractivity contribution in [2.45, 2.75) is 39.8 Å². The first-order valence-corrected chi connectivity index (χ1v) is 11.6. The molecule has 0 radical (unpaired) electrons. The molecule has 0 aliphatic rings. The number of ether oxygens (including phenoxy) is 1. The molecule has 8 heteroatoms. The molecule has 2 aromatic carbocycles. The van der Waals surface area contributed by atoms with Crippen molar-refractivity contribution in [1.29, 1.82) is 0 Å². The zero-order valence-corrected chi connectivity index (χ0v) is 20.5. The number of carbonyl (C=O) groups excluding carboxylic acids is 1. The van der Waals surface area contributed by atoms with Crippen LogP contribution in [-0.4, -0.2) is 43.4 Å². The summed E-state index contributed by atoms with van der Waals surface area (Å²) in [6.07, 6.45) is 0. The van der Waals surface area contributed by atoms with E-state index in [0.717, 1.165) is 28.3 Å². The molecule has 0 saturated carbocycles. The standard InChI is InChI=1S/C25H27N5O2S/c1-15-7-10-24(32-6)22(11-15)30-25(26-27-28-30)33-14-23(31)21-13-18(4)29(19(21)5)20-9-8-16(2)17(3)12-20/h7-13H,14H2,1-6H3. The molecule has 33 heavy (non-hydrogen) atoms. The Labute approximate surface area is 197 Å². The molecule has 4 rings (SSSR count). The molecule has 7 nitrogen and oxygen atoms in total. The van der Waals surface area contributed by atoms with E-state index in [9.17, 15) is 4.79 Å². The van der Waals surface area contributed by atoms with Crippen molar-refractivity contribution in [3.63, 3.8) is 0 Å². The van der Waals surface area contributed by atoms with Crippen molar-refractivity contribution in [3.05, 3.63) is 76.1 Å². The van der Waals surface area contributed by atoms with E-state index in [1.807, 2.05) is 45.0 Å². The minimum atomic E-state index is 0.0361. The van der Waals surface area contributed by atoms with Gasteiger partial charge in [0.05, 0.1) is 12.9 Å². The summed E-state index contributed by atoms with van der Waals surface area (Å²) in [5.74, 6) is 0.929. The highest BCUT2D eigenvalue weighted by Gasteiger charge is 2.20. The molecule has 0 N–H and O–H groups in total. The zero-order valence-electron chi connectivity index (χ0n) is 19.7. The molecule has 2 aromatic heterocycles. The van der Waals surface area contributed by atoms with Crippen molar-refractivity contribution in [1.82, 2.24) is 24.8 Å². The molecular formula is C25H27N5O2S. The molecule has 0 saturated heterocycles. The van der Waals surface area contributed by atoms with Crippen molar-refractivity contribution in [3.8, 4) is 17.1 Å². The number of benzene rings is 2. The molecule has 0 unspecified atom stereocenters. The topological polar surface area (TPSA) is 74.8 Å². The minimum absolute atomic E-state index is 0.0361. The Balaban J connectivity index is 1.58. The summed E-state index contributed by atoms with van der Waals surface area (Å²) in [6.45, 7) is 10.2. The van der Waals surface area contributed by atoms with E-state index in [0.29, 0.717) is 16.5 Å². The molecule has 0 amide bonds. The molecule has 0 aliphatic carbocycles. The Bertz CT molecular complexity index is 1340. The third-order valence-electron chi connectivity index (χ3n) is 5.82. The highest BCUT2D eigenvalue weighted by Crippen LogP contribution is 2.28. The summed E-state index contributed by atoms with van der Waals surface area (Å²) in [4.78, 5) is 13.2. The van der Waals surface area contributed by atoms with Crippen molar-refractivity contribution in [2.75, 3.05) is 12.9 Å². The lowest BCUT2D eigenvalue weighted by atomic mass is 10.1. The van der Waals surface area contributed by atoms with Crippen LogP contribution in [-0.2, 0) is 0 Å². The summed E-state index contributed by atoms with van der Waals surface area (Å²) >= 11 is 1.31. The van der Waals surface area contributed by atoms with Crippen LogP contribution >= 0.6 is 11.8 Å². The summed E-state index contributed by atoms with van der Waals surface area (Å²) in [7, 11) is 1.61. The van der Waals surface area contributed by atoms with Crippen molar-refractivity contribution in [2.24, 2.45) is 0 Å². The summed E-state index contributed by atoms with van der Waals surface area (Å²) < 4.78 is 9.21. The van der Waals surface area contributed by atoms with Crippen molar-refractivity contribution < 1.29 is 9.53 Å². The average molecular weight is 462 g/mol. The second kappa shape index (κ2) is 9.23. The van der Waals surface area contributed by atoms with Crippen LogP contribution in [0.5, 0.6) is 5.75 Å². The van der Waals surface area contributed by atoms with Crippen LogP contribution in [0.15, 0.2) is 47.6 Å². The van der Waals surface area contributed by atoms with Crippen LogP contribution in [0.1, 0.15) is 38.4 Å². The Morgan fingerprint density at radius 2 is 1.79 bits per heavy atom. The number of hydrogen-bond acceptors (Lipinski definition) is 6. The van der Waals surface area contributed by atoms with Gasteiger partial charge in [0.25, 0.3) is 0 Å². The number of thioether (sulfide) groups is 1. The van der Waals surface area contributed by atoms with Gasteiger partial charge in [0.2, 0.25) is 5.16 Å². The fourth-order valence-corrected chi connectivity index (χ4v) is 4.67. The number of carbonyl (C=O) groups is 1. The van der Waals surface area contributed by atoms with Crippen LogP contribution in [0.25, 0.3) is 11.4 Å². The van der Waals surface area contributed by atoms with E-state index in [1.54, 1.807) is 11.8 Å². The SMILES string of the molecule is COc1ccc(C)cc1-n1nnnc1SCC(=O)c1cc(C)n(-c2ccc(C)c(C)c2)c1C. The van der Waals surface area contributed by atoms with Gasteiger partial charge in [0.1, 0.15) is 11.4 Å². The number of nitrogens with zero attached hydrogens (tertiary/aromatic N) is 5. The molecule has 2 heterocycles. The van der Waals surface area contributed by atoms with Crippen LogP contribution in [0, 0.1) is 34.6 Å². The van der Waals surface area contributed by atoms with Crippen LogP contribution in [0.3, 0.4) is 0 Å². The maximum absolute atomic E-state index is 13.2. The lowest BCUT2D eigenvalue weighted by molar-refractivity contribution is 0.102. The predicted octanol–water partition coefficient (Wildman–Crippen LogP) is 4.98. The lowest BCUT2D eigenvalue weighted by Gasteiger charge is -2.12. The third-order valence-corrected chi connectivity index (χ3v) is 6.74. The first-order chi connectivity index (χ1) is 15.8. The number of tetrazole rings is 1. The van der Waals surface area contributed by atoms with Gasteiger partial charge in [-0.2, -0.15) is 4.68 Å². The van der Waals surface area contributed by atoms with E-state index >= 15 is 0 Å². The second-order valence-corrected chi connectivity index (χ2v) is 9.09. The quantitative estimate of drug-likeness (QED) is 0.285. The normalized spacial score (nSPS) is 11.1. The molecule has 0 spiro atoms. The van der Waals surface area contributed by atoms with Gasteiger partial charge < -0.3 is 9.30 Å². The number of ketones is 1. The van der Waals surface area contributed by atoms with Crippen LogP contribution in [0.2, 0.25) is 0 Å². The van der Waals surface area contributed by atoms with Gasteiger partial charge in [-0.3, -0.25) is 4.79 Å². The van der Waals surface area contributed by atoms with Gasteiger partial charge >= 0.3 is 0 Å². The Kier molecular flexibility index (Phi) is 6.37. The summed E-state index contributed by atoms with van der Waals surface area (Å²) in [5.41, 5.74) is 8.01. The highest BCUT2D eigenvalue weighted by molar-refractivity contribution is 7.99. The monoisotopic (exact) mass is 461 g/mol. The minimum Gasteiger partial charge on any atom is -0.494 e. The number of aromatic nitrogens is 5. The van der Waals surface area contributed by atoms with Crippen molar-refractivity contribution >= 4 is 17.5 Å². The fourth-order valence-electron chi connectivity index (χ4n) is 3.90. The maximum Gasteiger partial charge on any atom is 0.214 e. The molecule has 0 fully saturated rings. The number of methoxy groups -OCH3 is 1. The molecular weight excluding hydrogens is 434 g/mol. The van der Waals surface area contributed by atoms with E-state index in [1.165, 1.54) is 22.9 Å².